The quantitative estimate of drug-likeness (QED) is 0.431. The average molecular weight is 474 g/mol. The van der Waals surface area contributed by atoms with Gasteiger partial charge in [-0.15, -0.1) is 0 Å². The molecule has 1 aliphatic carbocycles. The van der Waals surface area contributed by atoms with E-state index < -0.39 is 35.4 Å². The molecule has 0 saturated heterocycles. The lowest BCUT2D eigenvalue weighted by Crippen LogP contribution is -2.36. The normalized spacial score (nSPS) is 17.2. The lowest BCUT2D eigenvalue weighted by atomic mass is 10.3. The van der Waals surface area contributed by atoms with Crippen molar-refractivity contribution in [2.45, 2.75) is 25.3 Å². The number of ether oxygens (including phenoxy) is 2. The summed E-state index contributed by atoms with van der Waals surface area (Å²) in [7, 11) is 0. The van der Waals surface area contributed by atoms with Gasteiger partial charge in [-0.1, -0.05) is 11.6 Å². The SMILES string of the molecule is C[C@@H](COc1ncc(NC(=O)c2ncc(OC[C@H]3CC3(F)F)cc2Cl)c(=O)[nH]1)NC(=O)O. The molecule has 32 heavy (non-hydrogen) atoms. The highest BCUT2D eigenvalue weighted by molar-refractivity contribution is 6.34. The number of nitrogens with one attached hydrogen (secondary N) is 3. The van der Waals surface area contributed by atoms with Crippen molar-refractivity contribution >= 4 is 29.3 Å². The number of amides is 2. The maximum absolute atomic E-state index is 12.9. The monoisotopic (exact) mass is 473 g/mol. The van der Waals surface area contributed by atoms with Gasteiger partial charge < -0.3 is 25.2 Å². The second kappa shape index (κ2) is 9.34. The van der Waals surface area contributed by atoms with Crippen LogP contribution >= 0.6 is 11.6 Å². The van der Waals surface area contributed by atoms with Crippen LogP contribution in [-0.4, -0.2) is 57.2 Å². The minimum Gasteiger partial charge on any atom is -0.491 e. The van der Waals surface area contributed by atoms with Gasteiger partial charge in [-0.25, -0.2) is 23.5 Å². The molecule has 2 heterocycles. The molecule has 2 amide bonds. The van der Waals surface area contributed by atoms with Gasteiger partial charge in [0, 0.05) is 12.5 Å². The van der Waals surface area contributed by atoms with Gasteiger partial charge >= 0.3 is 6.09 Å². The van der Waals surface area contributed by atoms with Crippen LogP contribution in [0.25, 0.3) is 0 Å². The average Bonchev–Trinajstić information content (AvgIpc) is 3.32. The maximum atomic E-state index is 12.9. The number of carbonyl (C=O) groups excluding carboxylic acids is 1. The zero-order chi connectivity index (χ0) is 23.5. The number of rotatable bonds is 9. The summed E-state index contributed by atoms with van der Waals surface area (Å²) in [6.07, 6.45) is 0.742. The molecule has 0 aliphatic heterocycles. The third kappa shape index (κ3) is 6.03. The summed E-state index contributed by atoms with van der Waals surface area (Å²) in [5.41, 5.74) is -1.17. The van der Waals surface area contributed by atoms with E-state index in [1.165, 1.54) is 6.07 Å². The van der Waals surface area contributed by atoms with E-state index in [-0.39, 0.29) is 47.8 Å². The van der Waals surface area contributed by atoms with Crippen LogP contribution in [0.1, 0.15) is 23.8 Å². The summed E-state index contributed by atoms with van der Waals surface area (Å²) >= 11 is 6.03. The van der Waals surface area contributed by atoms with Crippen molar-refractivity contribution in [3.8, 4) is 11.8 Å². The first-order valence-corrected chi connectivity index (χ1v) is 9.62. The molecule has 0 aromatic carbocycles. The van der Waals surface area contributed by atoms with Crippen LogP contribution < -0.4 is 25.7 Å². The number of pyridine rings is 1. The zero-order valence-electron chi connectivity index (χ0n) is 16.5. The molecular formula is C18H18ClF2N5O6. The molecule has 2 aromatic heterocycles. The molecule has 0 unspecified atom stereocenters. The molecule has 2 atom stereocenters. The summed E-state index contributed by atoms with van der Waals surface area (Å²) in [5.74, 6) is -4.25. The first-order valence-electron chi connectivity index (χ1n) is 9.24. The van der Waals surface area contributed by atoms with Gasteiger partial charge in [-0.2, -0.15) is 0 Å². The van der Waals surface area contributed by atoms with E-state index in [2.05, 4.69) is 25.6 Å². The largest absolute Gasteiger partial charge is 0.491 e. The van der Waals surface area contributed by atoms with E-state index in [1.807, 2.05) is 0 Å². The van der Waals surface area contributed by atoms with E-state index in [1.54, 1.807) is 6.92 Å². The molecule has 11 nitrogen and oxygen atoms in total. The Morgan fingerprint density at radius 2 is 2.09 bits per heavy atom. The Labute approximate surface area is 184 Å². The van der Waals surface area contributed by atoms with Crippen LogP contribution in [0.4, 0.5) is 19.3 Å². The van der Waals surface area contributed by atoms with Crippen LogP contribution in [0.2, 0.25) is 5.02 Å². The number of nitrogens with zero attached hydrogens (tertiary/aromatic N) is 2. The van der Waals surface area contributed by atoms with Crippen molar-refractivity contribution in [1.29, 1.82) is 0 Å². The third-order valence-corrected chi connectivity index (χ3v) is 4.59. The van der Waals surface area contributed by atoms with Crippen LogP contribution in [0.15, 0.2) is 23.3 Å². The number of alkyl halides is 2. The van der Waals surface area contributed by atoms with Gasteiger partial charge in [0.25, 0.3) is 23.4 Å². The molecule has 172 valence electrons. The van der Waals surface area contributed by atoms with E-state index in [9.17, 15) is 23.2 Å². The molecule has 0 spiro atoms. The summed E-state index contributed by atoms with van der Waals surface area (Å²) in [6, 6.07) is 0.527. The number of aromatic amines is 1. The fourth-order valence-corrected chi connectivity index (χ4v) is 2.73. The maximum Gasteiger partial charge on any atom is 0.404 e. The minimum absolute atomic E-state index is 0.0900. The molecule has 0 bridgehead atoms. The Kier molecular flexibility index (Phi) is 6.77. The van der Waals surface area contributed by atoms with E-state index in [0.29, 0.717) is 0 Å². The fraction of sp³-hybridized carbons (Fsp3) is 0.389. The number of hydrogen-bond donors (Lipinski definition) is 4. The molecule has 3 rings (SSSR count). The van der Waals surface area contributed by atoms with Crippen molar-refractivity contribution in [2.75, 3.05) is 18.5 Å². The third-order valence-electron chi connectivity index (χ3n) is 4.30. The van der Waals surface area contributed by atoms with Gasteiger partial charge in [0.15, 0.2) is 0 Å². The fourth-order valence-electron chi connectivity index (χ4n) is 2.49. The molecule has 0 radical (unpaired) electrons. The highest BCUT2D eigenvalue weighted by atomic mass is 35.5. The van der Waals surface area contributed by atoms with Gasteiger partial charge in [0.2, 0.25) is 0 Å². The second-order valence-corrected chi connectivity index (χ2v) is 7.43. The van der Waals surface area contributed by atoms with Crippen molar-refractivity contribution in [1.82, 2.24) is 20.3 Å². The predicted octanol–water partition coefficient (Wildman–Crippen LogP) is 2.14. The highest BCUT2D eigenvalue weighted by Gasteiger charge is 2.57. The molecule has 1 fully saturated rings. The number of hydrogen-bond acceptors (Lipinski definition) is 7. The number of aromatic nitrogens is 3. The molecule has 4 N–H and O–H groups in total. The number of H-pyrrole nitrogens is 1. The molecule has 14 heteroatoms. The van der Waals surface area contributed by atoms with Crippen molar-refractivity contribution < 1.29 is 33.0 Å². The van der Waals surface area contributed by atoms with E-state index in [4.69, 9.17) is 26.2 Å². The van der Waals surface area contributed by atoms with Crippen LogP contribution in [0.5, 0.6) is 11.8 Å². The van der Waals surface area contributed by atoms with Gasteiger partial charge in [-0.3, -0.25) is 14.6 Å². The van der Waals surface area contributed by atoms with E-state index >= 15 is 0 Å². The molecule has 1 aliphatic rings. The summed E-state index contributed by atoms with van der Waals surface area (Å²) in [6.45, 7) is 1.26. The number of carbonyl (C=O) groups is 2. The van der Waals surface area contributed by atoms with Crippen molar-refractivity contribution in [3.05, 3.63) is 39.5 Å². The first-order chi connectivity index (χ1) is 15.0. The van der Waals surface area contributed by atoms with Crippen molar-refractivity contribution in [3.63, 3.8) is 0 Å². The van der Waals surface area contributed by atoms with E-state index in [0.717, 1.165) is 12.4 Å². The smallest absolute Gasteiger partial charge is 0.404 e. The van der Waals surface area contributed by atoms with Crippen LogP contribution in [-0.2, 0) is 0 Å². The van der Waals surface area contributed by atoms with Gasteiger partial charge in [0.1, 0.15) is 23.7 Å². The molecule has 2 aromatic rings. The predicted molar refractivity (Wildman–Crippen MR) is 107 cm³/mol. The second-order valence-electron chi connectivity index (χ2n) is 7.02. The lowest BCUT2D eigenvalue weighted by Gasteiger charge is -2.12. The molecular weight excluding hydrogens is 456 g/mol. The summed E-state index contributed by atoms with van der Waals surface area (Å²) in [5, 5.41) is 13.0. The van der Waals surface area contributed by atoms with Crippen LogP contribution in [0, 0.1) is 5.92 Å². The Morgan fingerprint density at radius 3 is 2.69 bits per heavy atom. The standard InChI is InChI=1S/C18H18ClF2N5O6/c1-8(24-17(29)30)6-32-16-23-5-12(14(27)26-16)25-15(28)13-11(19)2-10(4-22-13)31-7-9-3-18(9,20)21/h2,4-5,8-9,24H,3,6-7H2,1H3,(H,25,28)(H,29,30)(H,23,26,27)/t8-,9+/m0/s1. The van der Waals surface area contributed by atoms with Gasteiger partial charge in [0.05, 0.1) is 36.0 Å². The Morgan fingerprint density at radius 1 is 1.38 bits per heavy atom. The van der Waals surface area contributed by atoms with Gasteiger partial charge in [-0.05, 0) is 6.92 Å². The lowest BCUT2D eigenvalue weighted by molar-refractivity contribution is 0.0855. The summed E-state index contributed by atoms with van der Waals surface area (Å²) in [4.78, 5) is 45.0. The number of anilines is 1. The highest BCUT2D eigenvalue weighted by Crippen LogP contribution is 2.48. The Balaban J connectivity index is 1.58. The Bertz CT molecular complexity index is 1080. The van der Waals surface area contributed by atoms with Crippen LogP contribution in [0.3, 0.4) is 0 Å². The number of carboxylic acid groups (broad SMARTS) is 1. The van der Waals surface area contributed by atoms with Crippen molar-refractivity contribution in [2.24, 2.45) is 5.92 Å². The number of halogens is 3. The summed E-state index contributed by atoms with van der Waals surface area (Å²) < 4.78 is 36.2. The molecule has 1 saturated carbocycles. The Hall–Kier alpha value is -3.48. The topological polar surface area (TPSA) is 156 Å². The minimum atomic E-state index is -2.72. The first kappa shape index (κ1) is 23.2. The zero-order valence-corrected chi connectivity index (χ0v) is 17.3.